The lowest BCUT2D eigenvalue weighted by molar-refractivity contribution is 0.130. The molecular weight excluding hydrogens is 112 g/mol. The molecular formula is C8H20O. The molecule has 1 fully saturated rings. The van der Waals surface area contributed by atoms with Crippen molar-refractivity contribution in [1.82, 2.24) is 0 Å². The summed E-state index contributed by atoms with van der Waals surface area (Å²) < 4.78 is 0. The average Bonchev–Trinajstić information content (AvgIpc) is 1.69. The Kier molecular flexibility index (Phi) is 7.92. The first-order valence-corrected chi connectivity index (χ1v) is 3.07. The van der Waals surface area contributed by atoms with E-state index in [0.29, 0.717) is 0 Å². The van der Waals surface area contributed by atoms with E-state index in [1.54, 1.807) is 0 Å². The van der Waals surface area contributed by atoms with Crippen LogP contribution in [0, 0.1) is 0 Å². The van der Waals surface area contributed by atoms with Crippen molar-refractivity contribution < 1.29 is 5.11 Å². The van der Waals surface area contributed by atoms with Gasteiger partial charge in [0.25, 0.3) is 0 Å². The van der Waals surface area contributed by atoms with Gasteiger partial charge in [0.1, 0.15) is 0 Å². The lowest BCUT2D eigenvalue weighted by Crippen LogP contribution is -2.09. The molecule has 0 heterocycles. The van der Waals surface area contributed by atoms with Crippen molar-refractivity contribution in [3.63, 3.8) is 0 Å². The molecule has 0 bridgehead atoms. The molecule has 1 saturated carbocycles. The zero-order valence-electron chi connectivity index (χ0n) is 4.56. The summed E-state index contributed by atoms with van der Waals surface area (Å²) in [4.78, 5) is 0. The summed E-state index contributed by atoms with van der Waals surface area (Å²) in [5.41, 5.74) is 0. The van der Waals surface area contributed by atoms with Crippen molar-refractivity contribution in [2.75, 3.05) is 0 Å². The van der Waals surface area contributed by atoms with Gasteiger partial charge in [-0.1, -0.05) is 34.1 Å². The Morgan fingerprint density at radius 3 is 1.56 bits per heavy atom. The van der Waals surface area contributed by atoms with Crippen molar-refractivity contribution in [3.05, 3.63) is 0 Å². The Labute approximate surface area is 59.1 Å². The van der Waals surface area contributed by atoms with E-state index in [1.165, 1.54) is 19.3 Å². The minimum absolute atomic E-state index is 0. The van der Waals surface area contributed by atoms with Gasteiger partial charge in [-0.3, -0.25) is 0 Å². The molecule has 0 saturated heterocycles. The summed E-state index contributed by atoms with van der Waals surface area (Å²) in [5, 5.41) is 8.91. The van der Waals surface area contributed by atoms with E-state index in [4.69, 9.17) is 5.11 Å². The van der Waals surface area contributed by atoms with Crippen LogP contribution in [-0.4, -0.2) is 11.2 Å². The van der Waals surface area contributed by atoms with Gasteiger partial charge in [-0.15, -0.1) is 0 Å². The van der Waals surface area contributed by atoms with Crippen LogP contribution in [-0.2, 0) is 0 Å². The molecule has 58 valence electrons. The van der Waals surface area contributed by atoms with E-state index in [-0.39, 0.29) is 21.0 Å². The Morgan fingerprint density at radius 2 is 1.33 bits per heavy atom. The van der Waals surface area contributed by atoms with Crippen molar-refractivity contribution in [3.8, 4) is 0 Å². The topological polar surface area (TPSA) is 20.2 Å². The van der Waals surface area contributed by atoms with Crippen molar-refractivity contribution >= 4 is 0 Å². The summed E-state index contributed by atoms with van der Waals surface area (Å²) in [5.74, 6) is 0. The molecule has 0 spiro atoms. The predicted molar refractivity (Wildman–Crippen MR) is 42.6 cm³/mol. The second-order valence-corrected chi connectivity index (χ2v) is 2.29. The normalized spacial score (nSPS) is 19.7. The molecule has 0 aliphatic heterocycles. The highest BCUT2D eigenvalue weighted by atomic mass is 16.3. The van der Waals surface area contributed by atoms with Crippen LogP contribution in [0.5, 0.6) is 0 Å². The zero-order chi connectivity index (χ0) is 5.11. The third kappa shape index (κ3) is 4.46. The Balaban J connectivity index is 0. The molecule has 0 aromatic heterocycles. The van der Waals surface area contributed by atoms with Gasteiger partial charge in [0, 0.05) is 0 Å². The van der Waals surface area contributed by atoms with E-state index in [9.17, 15) is 0 Å². The summed E-state index contributed by atoms with van der Waals surface area (Å²) in [6.07, 6.45) is 5.92. The molecule has 1 aliphatic rings. The van der Waals surface area contributed by atoms with Crippen LogP contribution in [0.1, 0.15) is 47.0 Å². The van der Waals surface area contributed by atoms with Crippen LogP contribution >= 0.6 is 0 Å². The third-order valence-corrected chi connectivity index (χ3v) is 1.57. The van der Waals surface area contributed by atoms with Gasteiger partial charge in [-0.25, -0.2) is 0 Å². The largest absolute Gasteiger partial charge is 0.393 e. The highest BCUT2D eigenvalue weighted by Gasteiger charge is 2.07. The van der Waals surface area contributed by atoms with Crippen LogP contribution in [0.25, 0.3) is 0 Å². The highest BCUT2D eigenvalue weighted by Crippen LogP contribution is 2.16. The predicted octanol–water partition coefficient (Wildman–Crippen LogP) is 2.58. The number of hydrogen-bond acceptors (Lipinski definition) is 1. The van der Waals surface area contributed by atoms with Crippen LogP contribution in [0.15, 0.2) is 0 Å². The standard InChI is InChI=1S/C6H12O.2CH4/c7-6-4-2-1-3-5-6;;/h6-7H,1-5H2;2*1H4. The zero-order valence-corrected chi connectivity index (χ0v) is 4.56. The second kappa shape index (κ2) is 6.09. The van der Waals surface area contributed by atoms with E-state index >= 15 is 0 Å². The average molecular weight is 132 g/mol. The fourth-order valence-electron chi connectivity index (χ4n) is 1.08. The fraction of sp³-hybridized carbons (Fsp3) is 1.00. The smallest absolute Gasteiger partial charge is 0.0540 e. The first-order valence-electron chi connectivity index (χ1n) is 3.07. The Bertz CT molecular complexity index is 46.5. The minimum atomic E-state index is 0. The number of aliphatic hydroxyl groups is 1. The first kappa shape index (κ1) is 11.7. The lowest BCUT2D eigenvalue weighted by Gasteiger charge is -2.14. The van der Waals surface area contributed by atoms with E-state index in [1.807, 2.05) is 0 Å². The number of rotatable bonds is 0. The summed E-state index contributed by atoms with van der Waals surface area (Å²) in [6, 6.07) is 0. The highest BCUT2D eigenvalue weighted by molar-refractivity contribution is 4.61. The first-order chi connectivity index (χ1) is 3.39. The minimum Gasteiger partial charge on any atom is -0.393 e. The molecule has 0 aromatic carbocycles. The number of aliphatic hydroxyl groups excluding tert-OH is 1. The van der Waals surface area contributed by atoms with Crippen molar-refractivity contribution in [1.29, 1.82) is 0 Å². The van der Waals surface area contributed by atoms with Crippen molar-refractivity contribution in [2.45, 2.75) is 53.1 Å². The van der Waals surface area contributed by atoms with E-state index < -0.39 is 0 Å². The maximum Gasteiger partial charge on any atom is 0.0540 e. The molecule has 0 atom stereocenters. The van der Waals surface area contributed by atoms with Gasteiger partial charge < -0.3 is 5.11 Å². The number of hydrogen-bond donors (Lipinski definition) is 1. The van der Waals surface area contributed by atoms with Crippen LogP contribution in [0.2, 0.25) is 0 Å². The van der Waals surface area contributed by atoms with E-state index in [0.717, 1.165) is 12.8 Å². The van der Waals surface area contributed by atoms with Crippen LogP contribution in [0.3, 0.4) is 0 Å². The Hall–Kier alpha value is -0.0400. The molecule has 9 heavy (non-hydrogen) atoms. The molecule has 0 aromatic rings. The van der Waals surface area contributed by atoms with Gasteiger partial charge in [-0.05, 0) is 12.8 Å². The molecule has 0 unspecified atom stereocenters. The van der Waals surface area contributed by atoms with Gasteiger partial charge >= 0.3 is 0 Å². The molecule has 0 radical (unpaired) electrons. The maximum atomic E-state index is 8.91. The summed E-state index contributed by atoms with van der Waals surface area (Å²) in [6.45, 7) is 0. The maximum absolute atomic E-state index is 8.91. The van der Waals surface area contributed by atoms with Crippen molar-refractivity contribution in [2.24, 2.45) is 0 Å². The molecule has 1 aliphatic carbocycles. The quantitative estimate of drug-likeness (QED) is 0.537. The van der Waals surface area contributed by atoms with Gasteiger partial charge in [0.2, 0.25) is 0 Å². The molecule has 0 amide bonds. The third-order valence-electron chi connectivity index (χ3n) is 1.57. The van der Waals surface area contributed by atoms with Gasteiger partial charge in [-0.2, -0.15) is 0 Å². The van der Waals surface area contributed by atoms with Gasteiger partial charge in [0.15, 0.2) is 0 Å². The SMILES string of the molecule is C.C.OC1CCCCC1. The van der Waals surface area contributed by atoms with Crippen LogP contribution in [0.4, 0.5) is 0 Å². The molecule has 1 nitrogen and oxygen atoms in total. The molecule has 1 N–H and O–H groups in total. The summed E-state index contributed by atoms with van der Waals surface area (Å²) >= 11 is 0. The summed E-state index contributed by atoms with van der Waals surface area (Å²) in [7, 11) is 0. The van der Waals surface area contributed by atoms with Crippen LogP contribution < -0.4 is 0 Å². The van der Waals surface area contributed by atoms with E-state index in [2.05, 4.69) is 0 Å². The lowest BCUT2D eigenvalue weighted by atomic mass is 9.98. The monoisotopic (exact) mass is 132 g/mol. The Morgan fingerprint density at radius 1 is 0.889 bits per heavy atom. The van der Waals surface area contributed by atoms with Gasteiger partial charge in [0.05, 0.1) is 6.10 Å². The molecule has 1 heteroatoms. The molecule has 1 rings (SSSR count). The second-order valence-electron chi connectivity index (χ2n) is 2.29. The fourth-order valence-corrected chi connectivity index (χ4v) is 1.08.